The van der Waals surface area contributed by atoms with Gasteiger partial charge in [-0.2, -0.15) is 0 Å². The van der Waals surface area contributed by atoms with Crippen LogP contribution in [0.5, 0.6) is 0 Å². The van der Waals surface area contributed by atoms with Gasteiger partial charge in [0.05, 0.1) is 0 Å². The largest absolute Gasteiger partial charge is 0.462 e. The lowest BCUT2D eigenvalue weighted by Crippen LogP contribution is -2.30. The Balaban J connectivity index is 4.32. The Hall–Kier alpha value is -1.59. The highest BCUT2D eigenvalue weighted by atomic mass is 16.6. The normalized spacial score (nSPS) is 11.9. The number of unbranched alkanes of at least 4 members (excludes halogenated alkanes) is 29. The number of hydrogen-bond acceptors (Lipinski definition) is 6. The van der Waals surface area contributed by atoms with Crippen LogP contribution in [0.2, 0.25) is 0 Å². The van der Waals surface area contributed by atoms with E-state index >= 15 is 0 Å². The van der Waals surface area contributed by atoms with E-state index in [1.165, 1.54) is 154 Å². The van der Waals surface area contributed by atoms with Crippen molar-refractivity contribution in [2.45, 2.75) is 265 Å². The summed E-state index contributed by atoms with van der Waals surface area (Å²) in [6.07, 6.45) is 40.9. The van der Waals surface area contributed by atoms with Gasteiger partial charge in [0.2, 0.25) is 0 Å². The number of rotatable bonds is 42. The maximum absolute atomic E-state index is 12.7. The van der Waals surface area contributed by atoms with Gasteiger partial charge in [-0.3, -0.25) is 14.4 Å². The molecule has 0 aliphatic carbocycles. The lowest BCUT2D eigenvalue weighted by molar-refractivity contribution is -0.167. The molecule has 0 radical (unpaired) electrons. The average Bonchev–Trinajstić information content (AvgIpc) is 3.14. The molecule has 6 nitrogen and oxygen atoms in total. The van der Waals surface area contributed by atoms with Crippen LogP contribution in [0.4, 0.5) is 0 Å². The topological polar surface area (TPSA) is 78.9 Å². The summed E-state index contributed by atoms with van der Waals surface area (Å²) in [5.74, 6) is -0.0581. The highest BCUT2D eigenvalue weighted by Gasteiger charge is 2.19. The van der Waals surface area contributed by atoms with Gasteiger partial charge in [-0.1, -0.05) is 220 Å². The van der Waals surface area contributed by atoms with E-state index in [-0.39, 0.29) is 31.1 Å². The zero-order valence-electron chi connectivity index (χ0n) is 36.0. The van der Waals surface area contributed by atoms with Gasteiger partial charge in [0, 0.05) is 19.3 Å². The van der Waals surface area contributed by atoms with E-state index in [1.807, 2.05) is 0 Å². The van der Waals surface area contributed by atoms with E-state index in [9.17, 15) is 14.4 Å². The number of ether oxygens (including phenoxy) is 3. The third-order valence-electron chi connectivity index (χ3n) is 10.5. The Labute approximate surface area is 329 Å². The van der Waals surface area contributed by atoms with Crippen molar-refractivity contribution in [1.29, 1.82) is 0 Å². The second-order valence-electron chi connectivity index (χ2n) is 16.5. The fourth-order valence-electron chi connectivity index (χ4n) is 6.98. The second kappa shape index (κ2) is 41.6. The van der Waals surface area contributed by atoms with E-state index < -0.39 is 6.10 Å². The van der Waals surface area contributed by atoms with Crippen molar-refractivity contribution in [2.75, 3.05) is 13.2 Å². The zero-order chi connectivity index (χ0) is 38.9. The number of carbonyl (C=O) groups excluding carboxylic acids is 3. The van der Waals surface area contributed by atoms with E-state index in [0.717, 1.165) is 63.7 Å². The summed E-state index contributed by atoms with van der Waals surface area (Å²) in [6.45, 7) is 8.96. The molecule has 1 atom stereocenters. The lowest BCUT2D eigenvalue weighted by atomic mass is 10.0. The minimum absolute atomic E-state index is 0.0640. The predicted molar refractivity (Wildman–Crippen MR) is 224 cm³/mol. The third kappa shape index (κ3) is 41.4. The second-order valence-corrected chi connectivity index (χ2v) is 16.5. The van der Waals surface area contributed by atoms with Crippen molar-refractivity contribution >= 4 is 17.9 Å². The van der Waals surface area contributed by atoms with Crippen LogP contribution in [0.25, 0.3) is 0 Å². The van der Waals surface area contributed by atoms with Crippen molar-refractivity contribution in [3.8, 4) is 0 Å². The van der Waals surface area contributed by atoms with E-state index in [2.05, 4.69) is 27.7 Å². The number of carbonyl (C=O) groups is 3. The summed E-state index contributed by atoms with van der Waals surface area (Å²) < 4.78 is 16.7. The number of hydrogen-bond donors (Lipinski definition) is 0. The summed E-state index contributed by atoms with van der Waals surface area (Å²) in [6, 6.07) is 0. The Morgan fingerprint density at radius 3 is 0.925 bits per heavy atom. The SMILES string of the molecule is CCCCCCCCCCCCCCCCC(=O)O[C@H](COC(=O)CCCCCCCCCCCC)COC(=O)CCCCCCCCCCC(C)C. The fraction of sp³-hybridized carbons (Fsp3) is 0.936. The summed E-state index contributed by atoms with van der Waals surface area (Å²) in [7, 11) is 0. The Morgan fingerprint density at radius 1 is 0.358 bits per heavy atom. The van der Waals surface area contributed by atoms with Crippen LogP contribution in [0, 0.1) is 5.92 Å². The molecule has 0 saturated heterocycles. The van der Waals surface area contributed by atoms with Crippen LogP contribution in [0.3, 0.4) is 0 Å². The molecule has 0 aliphatic heterocycles. The van der Waals surface area contributed by atoms with Crippen molar-refractivity contribution in [1.82, 2.24) is 0 Å². The molecule has 0 unspecified atom stereocenters. The molecule has 6 heteroatoms. The van der Waals surface area contributed by atoms with E-state index in [0.29, 0.717) is 19.3 Å². The van der Waals surface area contributed by atoms with Gasteiger partial charge in [-0.15, -0.1) is 0 Å². The van der Waals surface area contributed by atoms with Crippen LogP contribution in [0.15, 0.2) is 0 Å². The minimum Gasteiger partial charge on any atom is -0.462 e. The molecule has 0 aromatic rings. The maximum atomic E-state index is 12.7. The molecule has 0 spiro atoms. The van der Waals surface area contributed by atoms with Gasteiger partial charge in [0.1, 0.15) is 13.2 Å². The summed E-state index contributed by atoms with van der Waals surface area (Å²) in [5.41, 5.74) is 0. The smallest absolute Gasteiger partial charge is 0.306 e. The van der Waals surface area contributed by atoms with Gasteiger partial charge in [0.15, 0.2) is 6.10 Å². The molecule has 0 fully saturated rings. The Bertz CT molecular complexity index is 796. The highest BCUT2D eigenvalue weighted by molar-refractivity contribution is 5.71. The molecule has 0 amide bonds. The molecule has 0 saturated carbocycles. The van der Waals surface area contributed by atoms with Crippen molar-refractivity contribution < 1.29 is 28.6 Å². The first-order chi connectivity index (χ1) is 25.9. The van der Waals surface area contributed by atoms with Crippen LogP contribution in [-0.2, 0) is 28.6 Å². The molecule has 0 heterocycles. The first kappa shape index (κ1) is 51.4. The van der Waals surface area contributed by atoms with Crippen molar-refractivity contribution in [2.24, 2.45) is 5.92 Å². The van der Waals surface area contributed by atoms with Crippen molar-refractivity contribution in [3.05, 3.63) is 0 Å². The van der Waals surface area contributed by atoms with Gasteiger partial charge in [-0.25, -0.2) is 0 Å². The molecule has 53 heavy (non-hydrogen) atoms. The average molecular weight is 751 g/mol. The molecule has 0 aromatic carbocycles. The molecule has 0 rings (SSSR count). The summed E-state index contributed by atoms with van der Waals surface area (Å²) >= 11 is 0. The molecular formula is C47H90O6. The van der Waals surface area contributed by atoms with Gasteiger partial charge < -0.3 is 14.2 Å². The molecular weight excluding hydrogens is 661 g/mol. The maximum Gasteiger partial charge on any atom is 0.306 e. The standard InChI is InChI=1S/C47H90O6/c1-5-7-9-11-13-15-17-18-19-20-22-28-32-36-40-47(50)53-44(41-51-45(48)38-34-30-26-21-16-14-12-10-8-6-2)42-52-46(49)39-35-31-27-24-23-25-29-33-37-43(3)4/h43-44H,5-42H2,1-4H3/t44-/m1/s1. The molecule has 0 N–H and O–H groups in total. The number of esters is 3. The quantitative estimate of drug-likeness (QED) is 0.0351. The molecule has 0 aliphatic rings. The Kier molecular flexibility index (Phi) is 40.3. The lowest BCUT2D eigenvalue weighted by Gasteiger charge is -2.18. The molecule has 314 valence electrons. The van der Waals surface area contributed by atoms with Crippen molar-refractivity contribution in [3.63, 3.8) is 0 Å². The van der Waals surface area contributed by atoms with Gasteiger partial charge >= 0.3 is 17.9 Å². The summed E-state index contributed by atoms with van der Waals surface area (Å²) in [5, 5.41) is 0. The Morgan fingerprint density at radius 2 is 0.623 bits per heavy atom. The monoisotopic (exact) mass is 751 g/mol. The zero-order valence-corrected chi connectivity index (χ0v) is 36.0. The van der Waals surface area contributed by atoms with Crippen LogP contribution in [-0.4, -0.2) is 37.2 Å². The van der Waals surface area contributed by atoms with Gasteiger partial charge in [0.25, 0.3) is 0 Å². The van der Waals surface area contributed by atoms with Crippen LogP contribution < -0.4 is 0 Å². The fourth-order valence-corrected chi connectivity index (χ4v) is 6.98. The summed E-state index contributed by atoms with van der Waals surface area (Å²) in [4.78, 5) is 37.7. The van der Waals surface area contributed by atoms with E-state index in [1.54, 1.807) is 0 Å². The van der Waals surface area contributed by atoms with E-state index in [4.69, 9.17) is 14.2 Å². The predicted octanol–water partition coefficient (Wildman–Crippen LogP) is 14.7. The first-order valence-electron chi connectivity index (χ1n) is 23.4. The van der Waals surface area contributed by atoms with Gasteiger partial charge in [-0.05, 0) is 25.2 Å². The highest BCUT2D eigenvalue weighted by Crippen LogP contribution is 2.16. The van der Waals surface area contributed by atoms with Crippen LogP contribution >= 0.6 is 0 Å². The molecule has 0 bridgehead atoms. The first-order valence-corrected chi connectivity index (χ1v) is 23.4. The third-order valence-corrected chi connectivity index (χ3v) is 10.5. The van der Waals surface area contributed by atoms with Crippen LogP contribution in [0.1, 0.15) is 259 Å². The minimum atomic E-state index is -0.759. The molecule has 0 aromatic heterocycles.